The lowest BCUT2D eigenvalue weighted by atomic mass is 9.77. The number of hydrogen-bond acceptors (Lipinski definition) is 5. The van der Waals surface area contributed by atoms with Gasteiger partial charge in [0.15, 0.2) is 0 Å². The highest BCUT2D eigenvalue weighted by atomic mass is 16.5. The van der Waals surface area contributed by atoms with Crippen LogP contribution in [-0.4, -0.2) is 40.3 Å². The van der Waals surface area contributed by atoms with Gasteiger partial charge >= 0.3 is 0 Å². The lowest BCUT2D eigenvalue weighted by Crippen LogP contribution is -2.51. The molecular weight excluding hydrogens is 476 g/mol. The van der Waals surface area contributed by atoms with Crippen molar-refractivity contribution in [3.05, 3.63) is 72.2 Å². The number of nitrogens with one attached hydrogen (secondary N) is 3. The zero-order chi connectivity index (χ0) is 26.4. The summed E-state index contributed by atoms with van der Waals surface area (Å²) >= 11 is 0. The third-order valence-corrected chi connectivity index (χ3v) is 7.88. The molecule has 3 N–H and O–H groups in total. The zero-order valence-corrected chi connectivity index (χ0v) is 22.2. The number of rotatable bonds is 10. The summed E-state index contributed by atoms with van der Waals surface area (Å²) < 4.78 is 6.53. The zero-order valence-electron chi connectivity index (χ0n) is 22.2. The number of aromatic nitrogens is 2. The predicted octanol–water partition coefficient (Wildman–Crippen LogP) is 5.46. The number of aromatic amines is 1. The minimum atomic E-state index is -0.311. The average molecular weight is 515 g/mol. The lowest BCUT2D eigenvalue weighted by molar-refractivity contribution is -0.126. The third-order valence-electron chi connectivity index (χ3n) is 7.88. The van der Waals surface area contributed by atoms with E-state index in [0.717, 1.165) is 80.0 Å². The first-order valence-electron chi connectivity index (χ1n) is 13.9. The van der Waals surface area contributed by atoms with Gasteiger partial charge in [0, 0.05) is 18.4 Å². The molecule has 3 heterocycles. The van der Waals surface area contributed by atoms with Crippen LogP contribution in [0.4, 0.5) is 0 Å². The fourth-order valence-corrected chi connectivity index (χ4v) is 5.77. The van der Waals surface area contributed by atoms with Crippen molar-refractivity contribution in [1.82, 2.24) is 20.6 Å². The van der Waals surface area contributed by atoms with Crippen molar-refractivity contribution >= 4 is 11.7 Å². The minimum absolute atomic E-state index is 0.0186. The van der Waals surface area contributed by atoms with Crippen LogP contribution in [0.3, 0.4) is 0 Å². The Labute approximate surface area is 224 Å². The first-order chi connectivity index (χ1) is 18.5. The van der Waals surface area contributed by atoms with Crippen LogP contribution in [-0.2, 0) is 9.59 Å². The van der Waals surface area contributed by atoms with E-state index in [1.807, 2.05) is 60.8 Å². The number of hydrogen-bond donors (Lipinski definition) is 3. The number of ketones is 1. The average Bonchev–Trinajstić information content (AvgIpc) is 3.43. The van der Waals surface area contributed by atoms with Gasteiger partial charge in [-0.1, -0.05) is 61.4 Å². The number of piperidine rings is 1. The van der Waals surface area contributed by atoms with Gasteiger partial charge in [-0.2, -0.15) is 0 Å². The molecule has 2 aromatic carbocycles. The molecule has 38 heavy (non-hydrogen) atoms. The van der Waals surface area contributed by atoms with Crippen molar-refractivity contribution in [1.29, 1.82) is 0 Å². The molecule has 200 valence electrons. The molecule has 1 amide bonds. The van der Waals surface area contributed by atoms with E-state index in [0.29, 0.717) is 12.8 Å². The normalized spacial score (nSPS) is 18.8. The van der Waals surface area contributed by atoms with Crippen molar-refractivity contribution < 1.29 is 14.3 Å². The molecule has 5 rings (SSSR count). The molecule has 1 unspecified atom stereocenters. The highest BCUT2D eigenvalue weighted by Gasteiger charge is 2.44. The minimum Gasteiger partial charge on any atom is -0.487 e. The number of carbonyl (C=O) groups excluding carboxylic acids is 2. The SMILES string of the molecule is CC(=O)CCCCC[C@H](NC(=O)C1CC2(CCNCC2)Oc2ccccc21)c1ncc(-c2ccccc2)[nH]1. The second kappa shape index (κ2) is 11.9. The Morgan fingerprint density at radius 2 is 1.82 bits per heavy atom. The fourth-order valence-electron chi connectivity index (χ4n) is 5.77. The highest BCUT2D eigenvalue weighted by molar-refractivity contribution is 5.85. The number of benzene rings is 2. The Morgan fingerprint density at radius 3 is 2.61 bits per heavy atom. The summed E-state index contributed by atoms with van der Waals surface area (Å²) in [6.45, 7) is 3.43. The quantitative estimate of drug-likeness (QED) is 0.312. The summed E-state index contributed by atoms with van der Waals surface area (Å²) in [6.07, 6.45) is 8.37. The number of amides is 1. The Bertz CT molecular complexity index is 1230. The van der Waals surface area contributed by atoms with E-state index in [4.69, 9.17) is 4.74 Å². The van der Waals surface area contributed by atoms with E-state index in [-0.39, 0.29) is 29.3 Å². The van der Waals surface area contributed by atoms with Crippen molar-refractivity contribution in [3.63, 3.8) is 0 Å². The number of H-pyrrole nitrogens is 1. The fraction of sp³-hybridized carbons (Fsp3) is 0.452. The van der Waals surface area contributed by atoms with Crippen molar-refractivity contribution in [3.8, 4) is 17.0 Å². The van der Waals surface area contributed by atoms with Crippen molar-refractivity contribution in [2.75, 3.05) is 13.1 Å². The summed E-state index contributed by atoms with van der Waals surface area (Å²) in [5.41, 5.74) is 2.64. The molecular formula is C31H38N4O3. The summed E-state index contributed by atoms with van der Waals surface area (Å²) in [7, 11) is 0. The molecule has 7 nitrogen and oxygen atoms in total. The molecule has 2 aliphatic heterocycles. The van der Waals surface area contributed by atoms with Crippen LogP contribution < -0.4 is 15.4 Å². The molecule has 1 spiro atoms. The number of carbonyl (C=O) groups is 2. The van der Waals surface area contributed by atoms with Crippen LogP contribution in [0.25, 0.3) is 11.3 Å². The second-order valence-electron chi connectivity index (χ2n) is 10.7. The maximum absolute atomic E-state index is 14.0. The summed E-state index contributed by atoms with van der Waals surface area (Å²) in [5.74, 6) is 1.55. The molecule has 7 heteroatoms. The van der Waals surface area contributed by atoms with Crippen LogP contribution in [0, 0.1) is 0 Å². The van der Waals surface area contributed by atoms with Gasteiger partial charge in [0.1, 0.15) is 23.0 Å². The van der Waals surface area contributed by atoms with Gasteiger partial charge in [-0.3, -0.25) is 4.79 Å². The molecule has 1 aromatic heterocycles. The first kappa shape index (κ1) is 26.2. The number of imidazole rings is 1. The summed E-state index contributed by atoms with van der Waals surface area (Å²) in [4.78, 5) is 33.5. The van der Waals surface area contributed by atoms with E-state index in [1.54, 1.807) is 6.92 Å². The van der Waals surface area contributed by atoms with E-state index in [2.05, 4.69) is 20.6 Å². The molecule has 0 bridgehead atoms. The first-order valence-corrected chi connectivity index (χ1v) is 13.9. The molecule has 1 saturated heterocycles. The number of nitrogens with zero attached hydrogens (tertiary/aromatic N) is 1. The van der Waals surface area contributed by atoms with Gasteiger partial charge in [-0.25, -0.2) is 4.98 Å². The molecule has 0 aliphatic carbocycles. The van der Waals surface area contributed by atoms with Crippen molar-refractivity contribution in [2.45, 2.75) is 75.9 Å². The molecule has 0 saturated carbocycles. The van der Waals surface area contributed by atoms with E-state index >= 15 is 0 Å². The lowest BCUT2D eigenvalue weighted by Gasteiger charge is -2.44. The molecule has 0 radical (unpaired) electrons. The monoisotopic (exact) mass is 514 g/mol. The number of para-hydroxylation sites is 1. The van der Waals surface area contributed by atoms with Gasteiger partial charge in [-0.05, 0) is 57.3 Å². The maximum Gasteiger partial charge on any atom is 0.228 e. The predicted molar refractivity (Wildman–Crippen MR) is 148 cm³/mol. The topological polar surface area (TPSA) is 96.1 Å². The summed E-state index contributed by atoms with van der Waals surface area (Å²) in [5, 5.41) is 6.78. The van der Waals surface area contributed by atoms with Crippen LogP contribution >= 0.6 is 0 Å². The van der Waals surface area contributed by atoms with Crippen LogP contribution in [0.1, 0.15) is 81.6 Å². The molecule has 3 aromatic rings. The van der Waals surface area contributed by atoms with E-state index < -0.39 is 0 Å². The molecule has 2 aliphatic rings. The third kappa shape index (κ3) is 6.16. The smallest absolute Gasteiger partial charge is 0.228 e. The van der Waals surface area contributed by atoms with Gasteiger partial charge in [0.2, 0.25) is 5.91 Å². The number of fused-ring (bicyclic) bond motifs is 1. The Hall–Kier alpha value is -3.45. The van der Waals surface area contributed by atoms with E-state index in [1.165, 1.54) is 0 Å². The second-order valence-corrected chi connectivity index (χ2v) is 10.7. The maximum atomic E-state index is 14.0. The van der Waals surface area contributed by atoms with Crippen molar-refractivity contribution in [2.24, 2.45) is 0 Å². The van der Waals surface area contributed by atoms with Gasteiger partial charge in [0.05, 0.1) is 23.9 Å². The standard InChI is InChI=1S/C31H38N4O3/c1-22(36)10-4-2-7-14-26(29-33-21-27(34-29)23-11-5-3-6-12-23)35-30(37)25-20-31(16-18-32-19-17-31)38-28-15-9-8-13-24(25)28/h3,5-6,8-9,11-13,15,21,25-26,32H,2,4,7,10,14,16-20H2,1H3,(H,33,34)(H,35,37)/t25?,26-/m0/s1. The molecule has 1 fully saturated rings. The highest BCUT2D eigenvalue weighted by Crippen LogP contribution is 2.44. The van der Waals surface area contributed by atoms with Crippen LogP contribution in [0.2, 0.25) is 0 Å². The Kier molecular flexibility index (Phi) is 8.23. The number of Topliss-reactive ketones (excluding diaryl/α,β-unsaturated/α-hetero) is 1. The van der Waals surface area contributed by atoms with Gasteiger partial charge < -0.3 is 25.1 Å². The van der Waals surface area contributed by atoms with Gasteiger partial charge in [-0.15, -0.1) is 0 Å². The Morgan fingerprint density at radius 1 is 1.05 bits per heavy atom. The van der Waals surface area contributed by atoms with E-state index in [9.17, 15) is 9.59 Å². The largest absolute Gasteiger partial charge is 0.487 e. The number of ether oxygens (including phenoxy) is 1. The van der Waals surface area contributed by atoms with Crippen LogP contribution in [0.15, 0.2) is 60.8 Å². The Balaban J connectivity index is 1.36. The van der Waals surface area contributed by atoms with Crippen LogP contribution in [0.5, 0.6) is 5.75 Å². The summed E-state index contributed by atoms with van der Waals surface area (Å²) in [6, 6.07) is 17.8. The molecule has 2 atom stereocenters. The number of unbranched alkanes of at least 4 members (excludes halogenated alkanes) is 2. The van der Waals surface area contributed by atoms with Gasteiger partial charge in [0.25, 0.3) is 0 Å².